The maximum absolute atomic E-state index is 11.8. The number of rotatable bonds is 6. The van der Waals surface area contributed by atoms with Crippen molar-refractivity contribution in [3.05, 3.63) is 40.4 Å². The van der Waals surface area contributed by atoms with E-state index in [1.165, 1.54) is 11.0 Å². The lowest BCUT2D eigenvalue weighted by molar-refractivity contribution is -0.143. The normalized spacial score (nSPS) is 10.6. The molecule has 0 bridgehead atoms. The lowest BCUT2D eigenvalue weighted by Crippen LogP contribution is -2.27. The molecule has 0 unspecified atom stereocenters. The Hall–Kier alpha value is -1.62. The summed E-state index contributed by atoms with van der Waals surface area (Å²) in [6.45, 7) is 2.47. The highest BCUT2D eigenvalue weighted by molar-refractivity contribution is 9.10. The summed E-state index contributed by atoms with van der Waals surface area (Å²) in [5.74, 6) is -0.433. The van der Waals surface area contributed by atoms with Crippen LogP contribution < -0.4 is 0 Å². The smallest absolute Gasteiger partial charge is 0.307 e. The zero-order chi connectivity index (χ0) is 15.0. The highest BCUT2D eigenvalue weighted by atomic mass is 79.9. The largest absolute Gasteiger partial charge is 0.466 e. The van der Waals surface area contributed by atoms with Crippen molar-refractivity contribution in [2.24, 2.45) is 0 Å². The number of hydrogen-bond donors (Lipinski definition) is 0. The lowest BCUT2D eigenvalue weighted by atomic mass is 10.2. The van der Waals surface area contributed by atoms with Gasteiger partial charge in [0.1, 0.15) is 0 Å². The number of amides is 1. The molecule has 1 amide bonds. The topological polar surface area (TPSA) is 46.6 Å². The molecule has 0 aliphatic rings. The van der Waals surface area contributed by atoms with Gasteiger partial charge >= 0.3 is 5.97 Å². The van der Waals surface area contributed by atoms with Crippen LogP contribution >= 0.6 is 15.9 Å². The van der Waals surface area contributed by atoms with Crippen molar-refractivity contribution in [1.82, 2.24) is 4.90 Å². The quantitative estimate of drug-likeness (QED) is 0.591. The molecule has 0 heterocycles. The van der Waals surface area contributed by atoms with Crippen molar-refractivity contribution < 1.29 is 14.3 Å². The molecule has 1 aromatic rings. The Morgan fingerprint density at radius 3 is 2.80 bits per heavy atom. The lowest BCUT2D eigenvalue weighted by Gasteiger charge is -2.14. The van der Waals surface area contributed by atoms with E-state index in [-0.39, 0.29) is 18.3 Å². The maximum atomic E-state index is 11.8. The number of esters is 1. The number of carbonyl (C=O) groups is 2. The first kappa shape index (κ1) is 16.4. The van der Waals surface area contributed by atoms with Crippen LogP contribution in [0.25, 0.3) is 6.08 Å². The van der Waals surface area contributed by atoms with Gasteiger partial charge < -0.3 is 9.64 Å². The van der Waals surface area contributed by atoms with E-state index in [1.54, 1.807) is 20.0 Å². The van der Waals surface area contributed by atoms with E-state index in [4.69, 9.17) is 4.74 Å². The standard InChI is InChI=1S/C15H18BrNO3/c1-3-20-15(19)9-10-17(2)14(18)8-7-12-5-4-6-13(16)11-12/h4-8,11H,3,9-10H2,1-2H3. The molecule has 0 aliphatic carbocycles. The monoisotopic (exact) mass is 339 g/mol. The minimum Gasteiger partial charge on any atom is -0.466 e. The fourth-order valence-electron chi connectivity index (χ4n) is 1.51. The van der Waals surface area contributed by atoms with Gasteiger partial charge in [-0.15, -0.1) is 0 Å². The average Bonchev–Trinajstić information content (AvgIpc) is 2.42. The molecule has 0 spiro atoms. The number of likely N-dealkylation sites (N-methyl/N-ethyl adjacent to an activating group) is 1. The third-order valence-corrected chi connectivity index (χ3v) is 3.09. The minimum absolute atomic E-state index is 0.144. The van der Waals surface area contributed by atoms with Crippen LogP contribution in [0.15, 0.2) is 34.8 Å². The van der Waals surface area contributed by atoms with Crippen LogP contribution in [0.2, 0.25) is 0 Å². The molecule has 0 atom stereocenters. The van der Waals surface area contributed by atoms with Crippen LogP contribution in [0.1, 0.15) is 18.9 Å². The van der Waals surface area contributed by atoms with Crippen LogP contribution in [0, 0.1) is 0 Å². The van der Waals surface area contributed by atoms with Gasteiger partial charge in [-0.3, -0.25) is 9.59 Å². The van der Waals surface area contributed by atoms with Gasteiger partial charge in [0.05, 0.1) is 13.0 Å². The van der Waals surface area contributed by atoms with Crippen molar-refractivity contribution in [3.8, 4) is 0 Å². The van der Waals surface area contributed by atoms with E-state index in [0.29, 0.717) is 13.2 Å². The summed E-state index contributed by atoms with van der Waals surface area (Å²) >= 11 is 3.37. The fraction of sp³-hybridized carbons (Fsp3) is 0.333. The molecule has 0 saturated heterocycles. The average molecular weight is 340 g/mol. The second-order valence-electron chi connectivity index (χ2n) is 4.20. The van der Waals surface area contributed by atoms with Gasteiger partial charge in [-0.1, -0.05) is 28.1 Å². The van der Waals surface area contributed by atoms with Crippen LogP contribution in [0.3, 0.4) is 0 Å². The Balaban J connectivity index is 2.47. The minimum atomic E-state index is -0.289. The number of ether oxygens (including phenoxy) is 1. The first-order valence-corrected chi connectivity index (χ1v) is 7.16. The Kier molecular flexibility index (Phi) is 7.01. The number of hydrogen-bond acceptors (Lipinski definition) is 3. The fourth-order valence-corrected chi connectivity index (χ4v) is 1.92. The summed E-state index contributed by atoms with van der Waals surface area (Å²) in [5, 5.41) is 0. The number of halogens is 1. The van der Waals surface area contributed by atoms with Crippen molar-refractivity contribution in [3.63, 3.8) is 0 Å². The number of nitrogens with zero attached hydrogens (tertiary/aromatic N) is 1. The van der Waals surface area contributed by atoms with Gasteiger partial charge in [0, 0.05) is 24.1 Å². The highest BCUT2D eigenvalue weighted by Crippen LogP contribution is 2.12. The molecule has 1 rings (SSSR count). The Labute approximate surface area is 127 Å². The van der Waals surface area contributed by atoms with Crippen LogP contribution in [0.5, 0.6) is 0 Å². The third kappa shape index (κ3) is 6.02. The Bertz CT molecular complexity index is 500. The summed E-state index contributed by atoms with van der Waals surface area (Å²) in [6.07, 6.45) is 3.45. The predicted molar refractivity (Wildman–Crippen MR) is 82.1 cm³/mol. The zero-order valence-electron chi connectivity index (χ0n) is 11.6. The van der Waals surface area contributed by atoms with Crippen molar-refractivity contribution in [2.45, 2.75) is 13.3 Å². The predicted octanol–water partition coefficient (Wildman–Crippen LogP) is 2.87. The molecular weight excluding hydrogens is 322 g/mol. The summed E-state index contributed by atoms with van der Waals surface area (Å²) in [4.78, 5) is 24.5. The summed E-state index contributed by atoms with van der Waals surface area (Å²) in [7, 11) is 1.66. The second-order valence-corrected chi connectivity index (χ2v) is 5.12. The van der Waals surface area contributed by atoms with Gasteiger partial charge in [-0.2, -0.15) is 0 Å². The van der Waals surface area contributed by atoms with E-state index in [2.05, 4.69) is 15.9 Å². The SMILES string of the molecule is CCOC(=O)CCN(C)C(=O)C=Cc1cccc(Br)c1. The summed E-state index contributed by atoms with van der Waals surface area (Å²) < 4.78 is 5.78. The Morgan fingerprint density at radius 1 is 1.40 bits per heavy atom. The molecule has 0 radical (unpaired) electrons. The first-order chi connectivity index (χ1) is 9.52. The van der Waals surface area contributed by atoms with Gasteiger partial charge in [0.2, 0.25) is 5.91 Å². The second kappa shape index (κ2) is 8.53. The molecule has 108 valence electrons. The maximum Gasteiger partial charge on any atom is 0.307 e. The van der Waals surface area contributed by atoms with Gasteiger partial charge in [0.25, 0.3) is 0 Å². The summed E-state index contributed by atoms with van der Waals surface area (Å²) in [5.41, 5.74) is 0.937. The first-order valence-electron chi connectivity index (χ1n) is 6.37. The van der Waals surface area contributed by atoms with Crippen molar-refractivity contribution in [1.29, 1.82) is 0 Å². The van der Waals surface area contributed by atoms with Crippen LogP contribution in [-0.2, 0) is 14.3 Å². The van der Waals surface area contributed by atoms with Gasteiger partial charge in [0.15, 0.2) is 0 Å². The van der Waals surface area contributed by atoms with Gasteiger partial charge in [-0.05, 0) is 30.7 Å². The van der Waals surface area contributed by atoms with E-state index in [0.717, 1.165) is 10.0 Å². The molecule has 0 N–H and O–H groups in total. The van der Waals surface area contributed by atoms with Crippen molar-refractivity contribution in [2.75, 3.05) is 20.2 Å². The van der Waals surface area contributed by atoms with Crippen LogP contribution in [0.4, 0.5) is 0 Å². The number of carbonyl (C=O) groups excluding carboxylic acids is 2. The molecule has 20 heavy (non-hydrogen) atoms. The van der Waals surface area contributed by atoms with E-state index >= 15 is 0 Å². The Morgan fingerprint density at radius 2 is 2.15 bits per heavy atom. The molecule has 0 saturated carbocycles. The third-order valence-electron chi connectivity index (χ3n) is 2.60. The van der Waals surface area contributed by atoms with Crippen molar-refractivity contribution >= 4 is 33.9 Å². The zero-order valence-corrected chi connectivity index (χ0v) is 13.2. The van der Waals surface area contributed by atoms with Crippen LogP contribution in [-0.4, -0.2) is 37.0 Å². The highest BCUT2D eigenvalue weighted by Gasteiger charge is 2.08. The molecule has 1 aromatic carbocycles. The molecule has 5 heteroatoms. The summed E-state index contributed by atoms with van der Waals surface area (Å²) in [6, 6.07) is 7.65. The number of benzene rings is 1. The molecule has 0 aromatic heterocycles. The van der Waals surface area contributed by atoms with E-state index < -0.39 is 0 Å². The molecule has 0 aliphatic heterocycles. The molecule has 4 nitrogen and oxygen atoms in total. The molecular formula is C15H18BrNO3. The van der Waals surface area contributed by atoms with E-state index in [1.807, 2.05) is 24.3 Å². The molecule has 0 fully saturated rings. The van der Waals surface area contributed by atoms with Gasteiger partial charge in [-0.25, -0.2) is 0 Å². The van der Waals surface area contributed by atoms with E-state index in [9.17, 15) is 9.59 Å².